The lowest BCUT2D eigenvalue weighted by atomic mass is 10.0. The van der Waals surface area contributed by atoms with Crippen molar-refractivity contribution >= 4 is 17.7 Å². The van der Waals surface area contributed by atoms with Crippen LogP contribution >= 0.6 is 0 Å². The Morgan fingerprint density at radius 1 is 1.03 bits per heavy atom. The first-order valence-electron chi connectivity index (χ1n) is 11.5. The lowest BCUT2D eigenvalue weighted by Crippen LogP contribution is -2.52. The van der Waals surface area contributed by atoms with Crippen LogP contribution in [0.1, 0.15) is 53.6 Å². The Hall–Kier alpha value is -2.29. The van der Waals surface area contributed by atoms with Crippen LogP contribution in [0.2, 0.25) is 0 Å². The molecule has 3 unspecified atom stereocenters. The first kappa shape index (κ1) is 20.6. The van der Waals surface area contributed by atoms with E-state index in [2.05, 4.69) is 21.2 Å². The minimum absolute atomic E-state index is 0.112. The highest BCUT2D eigenvalue weighted by atomic mass is 16.2. The zero-order chi connectivity index (χ0) is 21.5. The number of imide groups is 1. The summed E-state index contributed by atoms with van der Waals surface area (Å²) in [6.07, 6.45) is 4.18. The Balaban J connectivity index is 1.19. The molecule has 1 saturated carbocycles. The molecule has 3 amide bonds. The number of piperidine rings is 1. The molecule has 3 N–H and O–H groups in total. The second kappa shape index (κ2) is 8.33. The van der Waals surface area contributed by atoms with Gasteiger partial charge in [-0.2, -0.15) is 0 Å². The minimum atomic E-state index is -0.558. The number of nitrogens with zero attached hydrogens (tertiary/aromatic N) is 3. The number of nitrogens with one attached hydrogen (secondary N) is 1. The molecule has 1 aromatic carbocycles. The van der Waals surface area contributed by atoms with Crippen molar-refractivity contribution in [2.75, 3.05) is 26.2 Å². The van der Waals surface area contributed by atoms with Gasteiger partial charge in [-0.1, -0.05) is 12.1 Å². The maximum absolute atomic E-state index is 12.8. The van der Waals surface area contributed by atoms with Gasteiger partial charge in [-0.15, -0.1) is 0 Å². The number of rotatable bonds is 4. The van der Waals surface area contributed by atoms with Crippen LogP contribution in [0, 0.1) is 0 Å². The Morgan fingerprint density at radius 3 is 2.55 bits per heavy atom. The van der Waals surface area contributed by atoms with E-state index in [1.807, 2.05) is 12.1 Å². The molecular formula is C23H31N5O3. The molecule has 0 bridgehead atoms. The van der Waals surface area contributed by atoms with Crippen LogP contribution in [-0.4, -0.2) is 76.7 Å². The van der Waals surface area contributed by atoms with E-state index in [0.29, 0.717) is 30.6 Å². The first-order valence-corrected chi connectivity index (χ1v) is 11.5. The van der Waals surface area contributed by atoms with E-state index in [4.69, 9.17) is 5.73 Å². The van der Waals surface area contributed by atoms with Crippen molar-refractivity contribution in [2.45, 2.75) is 63.3 Å². The minimum Gasteiger partial charge on any atom is -0.328 e. The average Bonchev–Trinajstić information content (AvgIpc) is 3.32. The molecule has 3 atom stereocenters. The summed E-state index contributed by atoms with van der Waals surface area (Å²) >= 11 is 0. The Morgan fingerprint density at radius 2 is 1.84 bits per heavy atom. The second-order valence-electron chi connectivity index (χ2n) is 9.43. The maximum atomic E-state index is 12.8. The summed E-state index contributed by atoms with van der Waals surface area (Å²) in [5.41, 5.74) is 8.94. The number of carbonyl (C=O) groups is 3. The summed E-state index contributed by atoms with van der Waals surface area (Å²) in [6.45, 7) is 5.57. The van der Waals surface area contributed by atoms with E-state index in [1.54, 1.807) is 4.90 Å². The predicted octanol–water partition coefficient (Wildman–Crippen LogP) is 0.445. The lowest BCUT2D eigenvalue weighted by molar-refractivity contribution is -0.136. The summed E-state index contributed by atoms with van der Waals surface area (Å²) in [7, 11) is 0. The third kappa shape index (κ3) is 4.12. The number of nitrogens with two attached hydrogens (primary N) is 1. The summed E-state index contributed by atoms with van der Waals surface area (Å²) < 4.78 is 0. The predicted molar refractivity (Wildman–Crippen MR) is 115 cm³/mol. The molecule has 1 aromatic rings. The van der Waals surface area contributed by atoms with Crippen molar-refractivity contribution in [1.82, 2.24) is 20.0 Å². The molecule has 3 fully saturated rings. The Bertz CT molecular complexity index is 895. The molecular weight excluding hydrogens is 394 g/mol. The van der Waals surface area contributed by atoms with Gasteiger partial charge < -0.3 is 10.6 Å². The van der Waals surface area contributed by atoms with Gasteiger partial charge in [0.15, 0.2) is 0 Å². The van der Waals surface area contributed by atoms with Gasteiger partial charge in [-0.25, -0.2) is 0 Å². The molecule has 0 radical (unpaired) electrons. The van der Waals surface area contributed by atoms with Gasteiger partial charge in [0, 0.05) is 63.3 Å². The highest BCUT2D eigenvalue weighted by Crippen LogP contribution is 2.29. The highest BCUT2D eigenvalue weighted by molar-refractivity contribution is 6.05. The number of amides is 3. The molecule has 5 rings (SSSR count). The van der Waals surface area contributed by atoms with Crippen LogP contribution in [0.5, 0.6) is 0 Å². The zero-order valence-electron chi connectivity index (χ0n) is 17.9. The fraction of sp³-hybridized carbons (Fsp3) is 0.609. The molecule has 166 valence electrons. The molecule has 3 aliphatic heterocycles. The smallest absolute Gasteiger partial charge is 0.255 e. The van der Waals surface area contributed by atoms with Crippen molar-refractivity contribution in [3.05, 3.63) is 34.9 Å². The van der Waals surface area contributed by atoms with E-state index in [9.17, 15) is 14.4 Å². The van der Waals surface area contributed by atoms with E-state index in [0.717, 1.165) is 51.1 Å². The van der Waals surface area contributed by atoms with Gasteiger partial charge in [-0.3, -0.25) is 29.5 Å². The molecule has 3 heterocycles. The SMILES string of the molecule is NC1CCC(N2CCN(Cc3ccc4c(c3)CN(C3CCC(=O)NC3=O)C4=O)CC2)C1. The van der Waals surface area contributed by atoms with Crippen LogP contribution in [0.4, 0.5) is 0 Å². The van der Waals surface area contributed by atoms with Gasteiger partial charge in [-0.05, 0) is 42.9 Å². The standard InChI is InChI=1S/C23H31N5O3/c24-17-2-3-18(12-17)27-9-7-26(8-10-27)13-15-1-4-19-16(11-15)14-28(23(19)31)20-5-6-21(29)25-22(20)30/h1,4,11,17-18,20H,2-3,5-10,12-14,24H2,(H,25,29,30). The van der Waals surface area contributed by atoms with Crippen molar-refractivity contribution in [1.29, 1.82) is 0 Å². The number of benzene rings is 1. The summed E-state index contributed by atoms with van der Waals surface area (Å²) in [6, 6.07) is 6.51. The summed E-state index contributed by atoms with van der Waals surface area (Å²) in [4.78, 5) is 43.2. The highest BCUT2D eigenvalue weighted by Gasteiger charge is 2.39. The van der Waals surface area contributed by atoms with Gasteiger partial charge in [0.2, 0.25) is 11.8 Å². The van der Waals surface area contributed by atoms with Gasteiger partial charge in [0.05, 0.1) is 0 Å². The largest absolute Gasteiger partial charge is 0.328 e. The topological polar surface area (TPSA) is 99.0 Å². The van der Waals surface area contributed by atoms with Crippen LogP contribution in [0.3, 0.4) is 0 Å². The molecule has 8 nitrogen and oxygen atoms in total. The molecule has 31 heavy (non-hydrogen) atoms. The normalized spacial score (nSPS) is 30.0. The van der Waals surface area contributed by atoms with Crippen molar-refractivity contribution < 1.29 is 14.4 Å². The van der Waals surface area contributed by atoms with Crippen molar-refractivity contribution in [3.63, 3.8) is 0 Å². The van der Waals surface area contributed by atoms with E-state index >= 15 is 0 Å². The van der Waals surface area contributed by atoms with Crippen molar-refractivity contribution in [3.8, 4) is 0 Å². The van der Waals surface area contributed by atoms with E-state index < -0.39 is 6.04 Å². The monoisotopic (exact) mass is 425 g/mol. The van der Waals surface area contributed by atoms with Crippen LogP contribution in [0.25, 0.3) is 0 Å². The van der Waals surface area contributed by atoms with Gasteiger partial charge >= 0.3 is 0 Å². The summed E-state index contributed by atoms with van der Waals surface area (Å²) in [5.74, 6) is -0.735. The second-order valence-corrected chi connectivity index (χ2v) is 9.43. The van der Waals surface area contributed by atoms with E-state index in [-0.39, 0.29) is 24.1 Å². The number of hydrogen-bond acceptors (Lipinski definition) is 6. The van der Waals surface area contributed by atoms with Crippen LogP contribution in [-0.2, 0) is 22.7 Å². The van der Waals surface area contributed by atoms with Crippen molar-refractivity contribution in [2.24, 2.45) is 5.73 Å². The van der Waals surface area contributed by atoms with E-state index in [1.165, 1.54) is 12.0 Å². The zero-order valence-corrected chi connectivity index (χ0v) is 17.9. The lowest BCUT2D eigenvalue weighted by Gasteiger charge is -2.38. The number of fused-ring (bicyclic) bond motifs is 1. The quantitative estimate of drug-likeness (QED) is 0.680. The molecule has 0 aromatic heterocycles. The third-order valence-electron chi connectivity index (χ3n) is 7.36. The Kier molecular flexibility index (Phi) is 5.54. The molecule has 1 aliphatic carbocycles. The maximum Gasteiger partial charge on any atom is 0.255 e. The summed E-state index contributed by atoms with van der Waals surface area (Å²) in [5, 5.41) is 2.36. The third-order valence-corrected chi connectivity index (χ3v) is 7.36. The Labute approximate surface area is 182 Å². The number of carbonyl (C=O) groups excluding carboxylic acids is 3. The van der Waals surface area contributed by atoms with Gasteiger partial charge in [0.25, 0.3) is 5.91 Å². The molecule has 0 spiro atoms. The molecule has 8 heteroatoms. The van der Waals surface area contributed by atoms with Gasteiger partial charge in [0.1, 0.15) is 6.04 Å². The molecule has 4 aliphatic rings. The fourth-order valence-electron chi connectivity index (χ4n) is 5.59. The number of hydrogen-bond donors (Lipinski definition) is 2. The van der Waals surface area contributed by atoms with Crippen LogP contribution in [0.15, 0.2) is 18.2 Å². The molecule has 2 saturated heterocycles. The first-order chi connectivity index (χ1) is 15.0. The fourth-order valence-corrected chi connectivity index (χ4v) is 5.59. The average molecular weight is 426 g/mol. The number of piperazine rings is 1. The van der Waals surface area contributed by atoms with Crippen LogP contribution < -0.4 is 11.1 Å².